The Bertz CT molecular complexity index is 461. The molecule has 0 aliphatic carbocycles. The fourth-order valence-corrected chi connectivity index (χ4v) is 2.19. The number of anilines is 1. The molecule has 0 aliphatic rings. The zero-order chi connectivity index (χ0) is 15.8. The van der Waals surface area contributed by atoms with Gasteiger partial charge in [-0.25, -0.2) is 0 Å². The third-order valence-electron chi connectivity index (χ3n) is 3.27. The normalized spacial score (nSPS) is 10.7. The first kappa shape index (κ1) is 17.3. The number of carbonyl (C=O) groups excluding carboxylic acids is 1. The van der Waals surface area contributed by atoms with Crippen molar-refractivity contribution >= 4 is 11.6 Å². The number of ether oxygens (including phenoxy) is 1. The number of amides is 1. The molecule has 1 rings (SSSR count). The maximum atomic E-state index is 12.7. The molecule has 5 heteroatoms. The molecule has 0 unspecified atom stereocenters. The quantitative estimate of drug-likeness (QED) is 0.746. The van der Waals surface area contributed by atoms with Gasteiger partial charge in [0.2, 0.25) is 0 Å². The van der Waals surface area contributed by atoms with Gasteiger partial charge in [0, 0.05) is 18.8 Å². The summed E-state index contributed by atoms with van der Waals surface area (Å²) < 4.78 is 5.54. The molecule has 118 valence electrons. The molecule has 0 saturated heterocycles. The van der Waals surface area contributed by atoms with Crippen LogP contribution in [0.4, 0.5) is 5.69 Å². The van der Waals surface area contributed by atoms with Crippen molar-refractivity contribution in [1.29, 1.82) is 0 Å². The first-order chi connectivity index (χ1) is 10.0. The molecule has 0 radical (unpaired) electrons. The summed E-state index contributed by atoms with van der Waals surface area (Å²) in [5.74, 6) is 0.506. The average molecular weight is 293 g/mol. The predicted octanol–water partition coefficient (Wildman–Crippen LogP) is 2.08. The van der Waals surface area contributed by atoms with E-state index in [0.29, 0.717) is 36.7 Å². The molecule has 1 amide bonds. The molecule has 0 fully saturated rings. The second-order valence-electron chi connectivity index (χ2n) is 5.20. The molecule has 0 aromatic heterocycles. The minimum absolute atomic E-state index is 0.0576. The second-order valence-corrected chi connectivity index (χ2v) is 5.20. The van der Waals surface area contributed by atoms with Crippen molar-refractivity contribution in [1.82, 2.24) is 9.80 Å². The Morgan fingerprint density at radius 3 is 2.52 bits per heavy atom. The van der Waals surface area contributed by atoms with E-state index in [1.54, 1.807) is 18.2 Å². The standard InChI is InChI=1S/C16H27N3O2/c1-5-19(12-8-11-18(3)4)16(20)15-13(17)9-7-10-14(15)21-6-2/h7,9-10H,5-6,8,11-12,17H2,1-4H3. The number of hydrogen-bond donors (Lipinski definition) is 1. The molecule has 0 atom stereocenters. The zero-order valence-electron chi connectivity index (χ0n) is 13.6. The molecule has 5 nitrogen and oxygen atoms in total. The van der Waals surface area contributed by atoms with Crippen LogP contribution in [-0.4, -0.2) is 56.0 Å². The van der Waals surface area contributed by atoms with Gasteiger partial charge in [-0.1, -0.05) is 6.07 Å². The highest BCUT2D eigenvalue weighted by atomic mass is 16.5. The van der Waals surface area contributed by atoms with Gasteiger partial charge < -0.3 is 20.3 Å². The summed E-state index contributed by atoms with van der Waals surface area (Å²) in [4.78, 5) is 16.6. The fourth-order valence-electron chi connectivity index (χ4n) is 2.19. The van der Waals surface area contributed by atoms with E-state index >= 15 is 0 Å². The van der Waals surface area contributed by atoms with Crippen molar-refractivity contribution in [2.24, 2.45) is 0 Å². The molecular weight excluding hydrogens is 266 g/mol. The maximum absolute atomic E-state index is 12.7. The molecule has 1 aromatic rings. The van der Waals surface area contributed by atoms with Gasteiger partial charge in [0.15, 0.2) is 0 Å². The first-order valence-corrected chi connectivity index (χ1v) is 7.46. The Morgan fingerprint density at radius 1 is 1.24 bits per heavy atom. The highest BCUT2D eigenvalue weighted by Crippen LogP contribution is 2.26. The summed E-state index contributed by atoms with van der Waals surface area (Å²) in [7, 11) is 4.06. The van der Waals surface area contributed by atoms with Gasteiger partial charge in [-0.15, -0.1) is 0 Å². The monoisotopic (exact) mass is 293 g/mol. The van der Waals surface area contributed by atoms with Gasteiger partial charge in [0.25, 0.3) is 5.91 Å². The van der Waals surface area contributed by atoms with E-state index in [-0.39, 0.29) is 5.91 Å². The Kier molecular flexibility index (Phi) is 7.02. The molecule has 21 heavy (non-hydrogen) atoms. The molecule has 0 spiro atoms. The van der Waals surface area contributed by atoms with E-state index in [2.05, 4.69) is 4.90 Å². The second kappa shape index (κ2) is 8.52. The fraction of sp³-hybridized carbons (Fsp3) is 0.562. The number of benzene rings is 1. The summed E-state index contributed by atoms with van der Waals surface area (Å²) >= 11 is 0. The molecular formula is C16H27N3O2. The molecule has 0 heterocycles. The summed E-state index contributed by atoms with van der Waals surface area (Å²) in [6.45, 7) is 6.71. The molecule has 0 bridgehead atoms. The Morgan fingerprint density at radius 2 is 1.95 bits per heavy atom. The Hall–Kier alpha value is -1.75. The Balaban J connectivity index is 2.89. The van der Waals surface area contributed by atoms with Gasteiger partial charge >= 0.3 is 0 Å². The van der Waals surface area contributed by atoms with E-state index < -0.39 is 0 Å². The van der Waals surface area contributed by atoms with Crippen LogP contribution in [0.1, 0.15) is 30.6 Å². The van der Waals surface area contributed by atoms with Crippen LogP contribution in [0.2, 0.25) is 0 Å². The number of rotatable bonds is 8. The van der Waals surface area contributed by atoms with Crippen LogP contribution < -0.4 is 10.5 Å². The number of nitrogens with zero attached hydrogens (tertiary/aromatic N) is 2. The SMILES string of the molecule is CCOc1cccc(N)c1C(=O)N(CC)CCCN(C)C. The van der Waals surface area contributed by atoms with Crippen molar-refractivity contribution in [2.45, 2.75) is 20.3 Å². The topological polar surface area (TPSA) is 58.8 Å². The van der Waals surface area contributed by atoms with Crippen LogP contribution in [0.5, 0.6) is 5.75 Å². The average Bonchev–Trinajstić information content (AvgIpc) is 2.43. The number of hydrogen-bond acceptors (Lipinski definition) is 4. The predicted molar refractivity (Wildman–Crippen MR) is 86.8 cm³/mol. The molecule has 0 aliphatic heterocycles. The summed E-state index contributed by atoms with van der Waals surface area (Å²) in [6, 6.07) is 5.34. The number of carbonyl (C=O) groups is 1. The van der Waals surface area contributed by atoms with E-state index in [0.717, 1.165) is 13.0 Å². The molecule has 1 aromatic carbocycles. The minimum atomic E-state index is -0.0576. The van der Waals surface area contributed by atoms with Crippen LogP contribution in [0.25, 0.3) is 0 Å². The lowest BCUT2D eigenvalue weighted by Gasteiger charge is -2.23. The van der Waals surface area contributed by atoms with Gasteiger partial charge in [-0.05, 0) is 53.0 Å². The summed E-state index contributed by atoms with van der Waals surface area (Å²) in [6.07, 6.45) is 0.934. The van der Waals surface area contributed by atoms with E-state index in [9.17, 15) is 4.79 Å². The van der Waals surface area contributed by atoms with Gasteiger partial charge in [0.1, 0.15) is 11.3 Å². The van der Waals surface area contributed by atoms with Crippen LogP contribution in [0.3, 0.4) is 0 Å². The maximum Gasteiger partial charge on any atom is 0.259 e. The largest absolute Gasteiger partial charge is 0.493 e. The number of nitrogens with two attached hydrogens (primary N) is 1. The van der Waals surface area contributed by atoms with Crippen molar-refractivity contribution in [2.75, 3.05) is 46.1 Å². The Labute approximate surface area is 127 Å². The molecule has 2 N–H and O–H groups in total. The van der Waals surface area contributed by atoms with Crippen LogP contribution in [0.15, 0.2) is 18.2 Å². The van der Waals surface area contributed by atoms with Crippen LogP contribution >= 0.6 is 0 Å². The van der Waals surface area contributed by atoms with Crippen molar-refractivity contribution in [3.8, 4) is 5.75 Å². The van der Waals surface area contributed by atoms with Crippen molar-refractivity contribution in [3.63, 3.8) is 0 Å². The summed E-state index contributed by atoms with van der Waals surface area (Å²) in [5.41, 5.74) is 6.93. The van der Waals surface area contributed by atoms with Gasteiger partial charge in [0.05, 0.1) is 6.61 Å². The van der Waals surface area contributed by atoms with Gasteiger partial charge in [-0.3, -0.25) is 4.79 Å². The van der Waals surface area contributed by atoms with E-state index in [4.69, 9.17) is 10.5 Å². The van der Waals surface area contributed by atoms with Crippen LogP contribution in [0, 0.1) is 0 Å². The van der Waals surface area contributed by atoms with Crippen LogP contribution in [-0.2, 0) is 0 Å². The third kappa shape index (κ3) is 4.93. The van der Waals surface area contributed by atoms with E-state index in [1.165, 1.54) is 0 Å². The molecule has 0 saturated carbocycles. The summed E-state index contributed by atoms with van der Waals surface area (Å²) in [5, 5.41) is 0. The van der Waals surface area contributed by atoms with E-state index in [1.807, 2.05) is 32.8 Å². The number of nitrogen functional groups attached to an aromatic ring is 1. The third-order valence-corrected chi connectivity index (χ3v) is 3.27. The highest BCUT2D eigenvalue weighted by molar-refractivity contribution is 6.01. The lowest BCUT2D eigenvalue weighted by molar-refractivity contribution is 0.0756. The smallest absolute Gasteiger partial charge is 0.259 e. The lowest BCUT2D eigenvalue weighted by atomic mass is 10.1. The zero-order valence-corrected chi connectivity index (χ0v) is 13.6. The lowest BCUT2D eigenvalue weighted by Crippen LogP contribution is -2.34. The van der Waals surface area contributed by atoms with Gasteiger partial charge in [-0.2, -0.15) is 0 Å². The highest BCUT2D eigenvalue weighted by Gasteiger charge is 2.21. The first-order valence-electron chi connectivity index (χ1n) is 7.46. The van der Waals surface area contributed by atoms with Crippen molar-refractivity contribution < 1.29 is 9.53 Å². The minimum Gasteiger partial charge on any atom is -0.493 e. The van der Waals surface area contributed by atoms with Crippen molar-refractivity contribution in [3.05, 3.63) is 23.8 Å².